The van der Waals surface area contributed by atoms with E-state index < -0.39 is 11.7 Å². The molecule has 0 unspecified atom stereocenters. The predicted molar refractivity (Wildman–Crippen MR) is 92.9 cm³/mol. The van der Waals surface area contributed by atoms with Crippen LogP contribution in [0.25, 0.3) is 0 Å². The molecule has 0 fully saturated rings. The molecule has 1 heterocycles. The van der Waals surface area contributed by atoms with E-state index in [2.05, 4.69) is 15.6 Å². The van der Waals surface area contributed by atoms with Crippen molar-refractivity contribution in [3.63, 3.8) is 0 Å². The van der Waals surface area contributed by atoms with E-state index in [4.69, 9.17) is 0 Å². The van der Waals surface area contributed by atoms with E-state index in [-0.39, 0.29) is 19.0 Å². The van der Waals surface area contributed by atoms with Gasteiger partial charge in [-0.1, -0.05) is 35.0 Å². The van der Waals surface area contributed by atoms with Crippen molar-refractivity contribution in [1.82, 2.24) is 20.3 Å². The van der Waals surface area contributed by atoms with E-state index in [0.29, 0.717) is 22.4 Å². The number of amides is 1. The summed E-state index contributed by atoms with van der Waals surface area (Å²) in [6.45, 7) is 1.95. The van der Waals surface area contributed by atoms with Gasteiger partial charge < -0.3 is 5.32 Å². The van der Waals surface area contributed by atoms with E-state index in [1.807, 2.05) is 6.07 Å². The number of aryl methyl sites for hydroxylation is 1. The molecule has 0 saturated carbocycles. The second-order valence-corrected chi connectivity index (χ2v) is 6.16. The first-order valence-corrected chi connectivity index (χ1v) is 8.21. The molecule has 27 heavy (non-hydrogen) atoms. The van der Waals surface area contributed by atoms with Crippen molar-refractivity contribution in [3.8, 4) is 0 Å². The lowest BCUT2D eigenvalue weighted by Gasteiger charge is -2.10. The maximum Gasteiger partial charge on any atom is 0.416 e. The Hall–Kier alpha value is -3.16. The van der Waals surface area contributed by atoms with Crippen molar-refractivity contribution in [1.29, 1.82) is 0 Å². The van der Waals surface area contributed by atoms with E-state index in [9.17, 15) is 18.0 Å². The van der Waals surface area contributed by atoms with Crippen LogP contribution in [0.15, 0.2) is 54.7 Å². The van der Waals surface area contributed by atoms with Gasteiger partial charge in [0.1, 0.15) is 5.69 Å². The van der Waals surface area contributed by atoms with Gasteiger partial charge in [-0.05, 0) is 36.8 Å². The number of alkyl halides is 3. The smallest absolute Gasteiger partial charge is 0.346 e. The molecule has 1 amide bonds. The van der Waals surface area contributed by atoms with Gasteiger partial charge in [-0.2, -0.15) is 13.2 Å². The highest BCUT2D eigenvalue weighted by Gasteiger charge is 2.30. The zero-order valence-electron chi connectivity index (χ0n) is 14.5. The number of hydrogen-bond acceptors (Lipinski definition) is 3. The van der Waals surface area contributed by atoms with Gasteiger partial charge in [-0.25, -0.2) is 4.68 Å². The van der Waals surface area contributed by atoms with Gasteiger partial charge in [0.25, 0.3) is 5.91 Å². The molecule has 5 nitrogen and oxygen atoms in total. The SMILES string of the molecule is Cc1cc(Cn2cc(CNC(=O)c3ccccc3)nn2)cc(C(F)(F)F)c1. The molecule has 0 atom stereocenters. The van der Waals surface area contributed by atoms with Crippen LogP contribution in [-0.2, 0) is 19.3 Å². The third kappa shape index (κ3) is 4.93. The Kier molecular flexibility index (Phi) is 5.25. The summed E-state index contributed by atoms with van der Waals surface area (Å²) in [5.74, 6) is -0.237. The molecule has 3 rings (SSSR count). The Morgan fingerprint density at radius 2 is 1.89 bits per heavy atom. The average Bonchev–Trinajstić information content (AvgIpc) is 3.06. The maximum absolute atomic E-state index is 12.9. The number of aromatic nitrogens is 3. The molecule has 0 radical (unpaired) electrons. The van der Waals surface area contributed by atoms with Crippen LogP contribution in [0, 0.1) is 6.92 Å². The first kappa shape index (κ1) is 18.6. The van der Waals surface area contributed by atoms with Gasteiger partial charge >= 0.3 is 6.18 Å². The number of rotatable bonds is 5. The van der Waals surface area contributed by atoms with Crippen molar-refractivity contribution in [2.45, 2.75) is 26.2 Å². The number of halogens is 3. The van der Waals surface area contributed by atoms with Gasteiger partial charge in [0.2, 0.25) is 0 Å². The monoisotopic (exact) mass is 374 g/mol. The lowest BCUT2D eigenvalue weighted by molar-refractivity contribution is -0.137. The summed E-state index contributed by atoms with van der Waals surface area (Å²) in [5.41, 5.74) is 1.36. The Balaban J connectivity index is 1.65. The zero-order chi connectivity index (χ0) is 19.4. The Bertz CT molecular complexity index is 936. The van der Waals surface area contributed by atoms with Crippen LogP contribution in [0.3, 0.4) is 0 Å². The molecule has 1 N–H and O–H groups in total. The van der Waals surface area contributed by atoms with Crippen LogP contribution in [0.5, 0.6) is 0 Å². The van der Waals surface area contributed by atoms with Crippen LogP contribution >= 0.6 is 0 Å². The summed E-state index contributed by atoms with van der Waals surface area (Å²) < 4.78 is 40.2. The largest absolute Gasteiger partial charge is 0.416 e. The molecule has 140 valence electrons. The molecule has 8 heteroatoms. The summed E-state index contributed by atoms with van der Waals surface area (Å²) in [6, 6.07) is 12.6. The molecule has 0 bridgehead atoms. The molecule has 0 aliphatic heterocycles. The maximum atomic E-state index is 12.9. The van der Waals surface area contributed by atoms with Crippen LogP contribution in [0.1, 0.15) is 32.7 Å². The van der Waals surface area contributed by atoms with Crippen molar-refractivity contribution in [3.05, 3.63) is 82.7 Å². The summed E-state index contributed by atoms with van der Waals surface area (Å²) in [4.78, 5) is 12.0. The van der Waals surface area contributed by atoms with Crippen LogP contribution in [0.2, 0.25) is 0 Å². The molecule has 2 aromatic carbocycles. The normalized spacial score (nSPS) is 11.4. The fourth-order valence-electron chi connectivity index (χ4n) is 2.66. The van der Waals surface area contributed by atoms with Crippen molar-refractivity contribution in [2.24, 2.45) is 0 Å². The molecule has 0 aliphatic carbocycles. The Labute approximate surface area is 153 Å². The topological polar surface area (TPSA) is 59.8 Å². The second-order valence-electron chi connectivity index (χ2n) is 6.16. The predicted octanol–water partition coefficient (Wildman–Crippen LogP) is 3.58. The fourth-order valence-corrected chi connectivity index (χ4v) is 2.66. The molecule has 0 saturated heterocycles. The first-order valence-electron chi connectivity index (χ1n) is 8.21. The lowest BCUT2D eigenvalue weighted by atomic mass is 10.1. The minimum Gasteiger partial charge on any atom is -0.346 e. The molecule has 0 spiro atoms. The Morgan fingerprint density at radius 3 is 2.59 bits per heavy atom. The van der Waals surface area contributed by atoms with Gasteiger partial charge in [-0.15, -0.1) is 5.10 Å². The quantitative estimate of drug-likeness (QED) is 0.743. The van der Waals surface area contributed by atoms with Crippen LogP contribution in [0.4, 0.5) is 13.2 Å². The number of hydrogen-bond donors (Lipinski definition) is 1. The summed E-state index contributed by atoms with van der Waals surface area (Å²) in [6.07, 6.45) is -2.79. The van der Waals surface area contributed by atoms with E-state index >= 15 is 0 Å². The number of benzene rings is 2. The highest BCUT2D eigenvalue weighted by Crippen LogP contribution is 2.30. The van der Waals surface area contributed by atoms with E-state index in [1.165, 1.54) is 4.68 Å². The number of carbonyl (C=O) groups is 1. The first-order chi connectivity index (χ1) is 12.8. The van der Waals surface area contributed by atoms with E-state index in [1.54, 1.807) is 43.5 Å². The average molecular weight is 374 g/mol. The molecule has 1 aromatic heterocycles. The number of nitrogens with zero attached hydrogens (tertiary/aromatic N) is 3. The summed E-state index contributed by atoms with van der Waals surface area (Å²) in [5, 5.41) is 10.6. The van der Waals surface area contributed by atoms with Gasteiger partial charge in [-0.3, -0.25) is 4.79 Å². The van der Waals surface area contributed by atoms with Crippen LogP contribution in [-0.4, -0.2) is 20.9 Å². The second kappa shape index (κ2) is 7.61. The molecule has 0 aliphatic rings. The Morgan fingerprint density at radius 1 is 1.15 bits per heavy atom. The third-order valence-electron chi connectivity index (χ3n) is 3.86. The summed E-state index contributed by atoms with van der Waals surface area (Å²) >= 11 is 0. The zero-order valence-corrected chi connectivity index (χ0v) is 14.5. The van der Waals surface area contributed by atoms with Crippen molar-refractivity contribution >= 4 is 5.91 Å². The van der Waals surface area contributed by atoms with Gasteiger partial charge in [0.15, 0.2) is 0 Å². The lowest BCUT2D eigenvalue weighted by Crippen LogP contribution is -2.22. The molecule has 3 aromatic rings. The van der Waals surface area contributed by atoms with Crippen molar-refractivity contribution in [2.75, 3.05) is 0 Å². The standard InChI is InChI=1S/C19H17F3N4O/c1-13-7-14(9-16(8-13)19(20,21)22)11-26-12-17(24-25-26)10-23-18(27)15-5-3-2-4-6-15/h2-9,12H,10-11H2,1H3,(H,23,27). The highest BCUT2D eigenvalue weighted by molar-refractivity contribution is 5.94. The highest BCUT2D eigenvalue weighted by atomic mass is 19.4. The number of nitrogens with one attached hydrogen (secondary N) is 1. The minimum absolute atomic E-state index is 0.157. The van der Waals surface area contributed by atoms with Crippen molar-refractivity contribution < 1.29 is 18.0 Å². The molecular weight excluding hydrogens is 357 g/mol. The van der Waals surface area contributed by atoms with Gasteiger partial charge in [0.05, 0.1) is 24.8 Å². The fraction of sp³-hybridized carbons (Fsp3) is 0.211. The number of carbonyl (C=O) groups excluding carboxylic acids is 1. The third-order valence-corrected chi connectivity index (χ3v) is 3.86. The molecular formula is C19H17F3N4O. The van der Waals surface area contributed by atoms with Gasteiger partial charge in [0, 0.05) is 5.56 Å². The van der Waals surface area contributed by atoms with Crippen LogP contribution < -0.4 is 5.32 Å². The van der Waals surface area contributed by atoms with E-state index in [0.717, 1.165) is 12.1 Å². The minimum atomic E-state index is -4.39. The summed E-state index contributed by atoms with van der Waals surface area (Å²) in [7, 11) is 0.